The molecule has 14 heavy (non-hydrogen) atoms. The van der Waals surface area contributed by atoms with Gasteiger partial charge >= 0.3 is 0 Å². The highest BCUT2D eigenvalue weighted by atomic mass is 15.2. The lowest BCUT2D eigenvalue weighted by molar-refractivity contribution is 0.0874. The highest BCUT2D eigenvalue weighted by Gasteiger charge is 2.36. The Kier molecular flexibility index (Phi) is 2.85. The summed E-state index contributed by atoms with van der Waals surface area (Å²) in [6.07, 6.45) is 5.52. The Labute approximate surface area is 87.8 Å². The number of hydrogen-bond donors (Lipinski definition) is 1. The van der Waals surface area contributed by atoms with Gasteiger partial charge in [0.25, 0.3) is 0 Å². The molecule has 2 rings (SSSR count). The summed E-state index contributed by atoms with van der Waals surface area (Å²) in [6.45, 7) is 8.18. The van der Waals surface area contributed by atoms with Gasteiger partial charge in [0.2, 0.25) is 0 Å². The van der Waals surface area contributed by atoms with E-state index in [4.69, 9.17) is 5.73 Å². The fourth-order valence-corrected chi connectivity index (χ4v) is 2.58. The van der Waals surface area contributed by atoms with Gasteiger partial charge in [-0.1, -0.05) is 13.8 Å². The van der Waals surface area contributed by atoms with Gasteiger partial charge in [-0.25, -0.2) is 0 Å². The zero-order valence-corrected chi connectivity index (χ0v) is 9.63. The highest BCUT2D eigenvalue weighted by Crippen LogP contribution is 2.38. The first-order chi connectivity index (χ1) is 6.62. The van der Waals surface area contributed by atoms with Crippen molar-refractivity contribution in [1.29, 1.82) is 0 Å². The van der Waals surface area contributed by atoms with Gasteiger partial charge in [-0.3, -0.25) is 4.90 Å². The van der Waals surface area contributed by atoms with Crippen molar-refractivity contribution in [3.63, 3.8) is 0 Å². The average molecular weight is 196 g/mol. The van der Waals surface area contributed by atoms with Gasteiger partial charge in [0, 0.05) is 12.6 Å². The van der Waals surface area contributed by atoms with Crippen molar-refractivity contribution in [2.45, 2.75) is 45.6 Å². The molecule has 2 fully saturated rings. The number of nitrogens with two attached hydrogens (primary N) is 1. The van der Waals surface area contributed by atoms with E-state index in [9.17, 15) is 0 Å². The fourth-order valence-electron chi connectivity index (χ4n) is 2.58. The summed E-state index contributed by atoms with van der Waals surface area (Å²) in [5.74, 6) is 0.932. The Morgan fingerprint density at radius 3 is 2.29 bits per heavy atom. The van der Waals surface area contributed by atoms with Gasteiger partial charge < -0.3 is 5.73 Å². The molecule has 1 heterocycles. The molecule has 2 N–H and O–H groups in total. The first-order valence-electron chi connectivity index (χ1n) is 6.06. The standard InChI is InChI=1S/C12H24N2/c1-12(2)5-7-14(8-6-12)11(9-13)10-3-4-10/h10-11H,3-9,13H2,1-2H3. The average Bonchev–Trinajstić information content (AvgIpc) is 2.93. The van der Waals surface area contributed by atoms with E-state index in [-0.39, 0.29) is 0 Å². The van der Waals surface area contributed by atoms with Crippen molar-refractivity contribution in [1.82, 2.24) is 4.90 Å². The summed E-state index contributed by atoms with van der Waals surface area (Å²) in [7, 11) is 0. The van der Waals surface area contributed by atoms with E-state index in [1.807, 2.05) is 0 Å². The van der Waals surface area contributed by atoms with Gasteiger partial charge in [0.1, 0.15) is 0 Å². The first-order valence-corrected chi connectivity index (χ1v) is 6.06. The summed E-state index contributed by atoms with van der Waals surface area (Å²) in [5, 5.41) is 0. The van der Waals surface area contributed by atoms with Gasteiger partial charge in [-0.05, 0) is 50.1 Å². The van der Waals surface area contributed by atoms with Crippen molar-refractivity contribution < 1.29 is 0 Å². The minimum absolute atomic E-state index is 0.569. The molecular weight excluding hydrogens is 172 g/mol. The minimum Gasteiger partial charge on any atom is -0.329 e. The molecule has 0 spiro atoms. The van der Waals surface area contributed by atoms with Crippen molar-refractivity contribution in [3.05, 3.63) is 0 Å². The SMILES string of the molecule is CC1(C)CCN(C(CN)C2CC2)CC1. The summed E-state index contributed by atoms with van der Waals surface area (Å²) < 4.78 is 0. The van der Waals surface area contributed by atoms with Gasteiger partial charge in [0.15, 0.2) is 0 Å². The predicted molar refractivity (Wildman–Crippen MR) is 60.2 cm³/mol. The molecule has 2 aliphatic rings. The largest absolute Gasteiger partial charge is 0.329 e. The molecule has 1 aliphatic carbocycles. The summed E-state index contributed by atoms with van der Waals surface area (Å²) in [5.41, 5.74) is 6.44. The van der Waals surface area contributed by atoms with Crippen LogP contribution in [-0.4, -0.2) is 30.6 Å². The highest BCUT2D eigenvalue weighted by molar-refractivity contribution is 4.91. The Morgan fingerprint density at radius 1 is 1.29 bits per heavy atom. The van der Waals surface area contributed by atoms with E-state index in [2.05, 4.69) is 18.7 Å². The number of likely N-dealkylation sites (tertiary alicyclic amines) is 1. The number of nitrogens with zero attached hydrogens (tertiary/aromatic N) is 1. The van der Waals surface area contributed by atoms with Crippen LogP contribution in [0.15, 0.2) is 0 Å². The molecule has 0 bridgehead atoms. The lowest BCUT2D eigenvalue weighted by Gasteiger charge is -2.41. The monoisotopic (exact) mass is 196 g/mol. The molecule has 0 amide bonds. The van der Waals surface area contributed by atoms with Gasteiger partial charge in [0.05, 0.1) is 0 Å². The van der Waals surface area contributed by atoms with Crippen molar-refractivity contribution in [2.75, 3.05) is 19.6 Å². The second kappa shape index (κ2) is 3.82. The Morgan fingerprint density at radius 2 is 1.86 bits per heavy atom. The third-order valence-corrected chi connectivity index (χ3v) is 4.03. The molecule has 1 atom stereocenters. The quantitative estimate of drug-likeness (QED) is 0.746. The van der Waals surface area contributed by atoms with Crippen LogP contribution in [-0.2, 0) is 0 Å². The minimum atomic E-state index is 0.569. The molecule has 1 saturated heterocycles. The maximum absolute atomic E-state index is 5.87. The second-order valence-electron chi connectivity index (χ2n) is 5.84. The molecule has 82 valence electrons. The van der Waals surface area contributed by atoms with Crippen LogP contribution in [0.4, 0.5) is 0 Å². The maximum atomic E-state index is 5.87. The van der Waals surface area contributed by atoms with Crippen molar-refractivity contribution >= 4 is 0 Å². The molecule has 1 unspecified atom stereocenters. The van der Waals surface area contributed by atoms with E-state index >= 15 is 0 Å². The molecule has 0 radical (unpaired) electrons. The van der Waals surface area contributed by atoms with Crippen LogP contribution in [0.1, 0.15) is 39.5 Å². The number of hydrogen-bond acceptors (Lipinski definition) is 2. The van der Waals surface area contributed by atoms with Crippen LogP contribution in [0, 0.1) is 11.3 Å². The van der Waals surface area contributed by atoms with Crippen LogP contribution in [0.5, 0.6) is 0 Å². The fraction of sp³-hybridized carbons (Fsp3) is 1.00. The van der Waals surface area contributed by atoms with Crippen LogP contribution in [0.2, 0.25) is 0 Å². The molecule has 2 heteroatoms. The topological polar surface area (TPSA) is 29.3 Å². The number of rotatable bonds is 3. The second-order valence-corrected chi connectivity index (χ2v) is 5.84. The maximum Gasteiger partial charge on any atom is 0.0246 e. The Bertz CT molecular complexity index is 186. The van der Waals surface area contributed by atoms with Crippen LogP contribution < -0.4 is 5.73 Å². The zero-order chi connectivity index (χ0) is 10.2. The lowest BCUT2D eigenvalue weighted by atomic mass is 9.82. The van der Waals surface area contributed by atoms with E-state index in [0.29, 0.717) is 11.5 Å². The van der Waals surface area contributed by atoms with Crippen LogP contribution in [0.25, 0.3) is 0 Å². The smallest absolute Gasteiger partial charge is 0.0246 e. The predicted octanol–water partition coefficient (Wildman–Crippen LogP) is 1.85. The molecule has 1 aliphatic heterocycles. The molecule has 0 aromatic heterocycles. The molecular formula is C12H24N2. The normalized spacial score (nSPS) is 30.2. The van der Waals surface area contributed by atoms with E-state index < -0.39 is 0 Å². The van der Waals surface area contributed by atoms with Crippen molar-refractivity contribution in [3.8, 4) is 0 Å². The third-order valence-electron chi connectivity index (χ3n) is 4.03. The van der Waals surface area contributed by atoms with Crippen molar-refractivity contribution in [2.24, 2.45) is 17.1 Å². The molecule has 0 aromatic rings. The molecule has 0 aromatic carbocycles. The summed E-state index contributed by atoms with van der Waals surface area (Å²) >= 11 is 0. The van der Waals surface area contributed by atoms with E-state index in [1.54, 1.807) is 0 Å². The van der Waals surface area contributed by atoms with E-state index in [1.165, 1.54) is 38.8 Å². The molecule has 1 saturated carbocycles. The van der Waals surface area contributed by atoms with Crippen LogP contribution in [0.3, 0.4) is 0 Å². The Balaban J connectivity index is 1.86. The lowest BCUT2D eigenvalue weighted by Crippen LogP contribution is -2.47. The van der Waals surface area contributed by atoms with E-state index in [0.717, 1.165) is 12.5 Å². The molecule has 2 nitrogen and oxygen atoms in total. The van der Waals surface area contributed by atoms with Gasteiger partial charge in [-0.15, -0.1) is 0 Å². The van der Waals surface area contributed by atoms with Gasteiger partial charge in [-0.2, -0.15) is 0 Å². The van der Waals surface area contributed by atoms with Crippen LogP contribution >= 0.6 is 0 Å². The summed E-state index contributed by atoms with van der Waals surface area (Å²) in [6, 6.07) is 0.700. The summed E-state index contributed by atoms with van der Waals surface area (Å²) in [4.78, 5) is 2.64. The third kappa shape index (κ3) is 2.29. The zero-order valence-electron chi connectivity index (χ0n) is 9.63. The Hall–Kier alpha value is -0.0800. The number of piperidine rings is 1. The first kappa shape index (κ1) is 10.4.